The van der Waals surface area contributed by atoms with Gasteiger partial charge in [-0.3, -0.25) is 4.99 Å². The van der Waals surface area contributed by atoms with Gasteiger partial charge in [-0.2, -0.15) is 0 Å². The van der Waals surface area contributed by atoms with Crippen LogP contribution in [0.15, 0.2) is 4.99 Å². The predicted octanol–water partition coefficient (Wildman–Crippen LogP) is 3.04. The van der Waals surface area contributed by atoms with E-state index >= 15 is 0 Å². The molecule has 22 heavy (non-hydrogen) atoms. The van der Waals surface area contributed by atoms with Gasteiger partial charge in [-0.05, 0) is 69.6 Å². The normalized spacial score (nSPS) is 30.9. The maximum Gasteiger partial charge on any atom is 0.191 e. The SMILES string of the molecule is CCNC(=NCC1(C2CC2)CCC1)NC1CCC(O)CC1.I. The van der Waals surface area contributed by atoms with E-state index in [0.717, 1.165) is 50.7 Å². The van der Waals surface area contributed by atoms with Gasteiger partial charge < -0.3 is 15.7 Å². The van der Waals surface area contributed by atoms with Gasteiger partial charge in [-0.15, -0.1) is 24.0 Å². The van der Waals surface area contributed by atoms with E-state index in [-0.39, 0.29) is 30.1 Å². The van der Waals surface area contributed by atoms with Crippen molar-refractivity contribution in [2.24, 2.45) is 16.3 Å². The van der Waals surface area contributed by atoms with E-state index < -0.39 is 0 Å². The summed E-state index contributed by atoms with van der Waals surface area (Å²) in [6.45, 7) is 4.04. The van der Waals surface area contributed by atoms with Crippen molar-refractivity contribution in [1.82, 2.24) is 10.6 Å². The minimum absolute atomic E-state index is 0. The minimum Gasteiger partial charge on any atom is -0.393 e. The van der Waals surface area contributed by atoms with Crippen LogP contribution in [-0.4, -0.2) is 36.3 Å². The quantitative estimate of drug-likeness (QED) is 0.364. The summed E-state index contributed by atoms with van der Waals surface area (Å²) in [6.07, 6.45) is 10.9. The molecule has 3 N–H and O–H groups in total. The highest BCUT2D eigenvalue weighted by Crippen LogP contribution is 2.57. The van der Waals surface area contributed by atoms with E-state index in [0.29, 0.717) is 11.5 Å². The fourth-order valence-electron chi connectivity index (χ4n) is 3.99. The molecule has 3 fully saturated rings. The number of aliphatic hydroxyl groups is 1. The molecule has 0 heterocycles. The van der Waals surface area contributed by atoms with Crippen LogP contribution in [0.2, 0.25) is 0 Å². The van der Waals surface area contributed by atoms with Crippen LogP contribution >= 0.6 is 24.0 Å². The lowest BCUT2D eigenvalue weighted by Crippen LogP contribution is -2.46. The highest BCUT2D eigenvalue weighted by Gasteiger charge is 2.48. The summed E-state index contributed by atoms with van der Waals surface area (Å²) >= 11 is 0. The Morgan fingerprint density at radius 2 is 1.82 bits per heavy atom. The Kier molecular flexibility index (Phi) is 6.80. The minimum atomic E-state index is -0.0873. The summed E-state index contributed by atoms with van der Waals surface area (Å²) in [6, 6.07) is 0.476. The molecule has 0 aromatic carbocycles. The molecule has 0 amide bonds. The fourth-order valence-corrected chi connectivity index (χ4v) is 3.99. The second kappa shape index (κ2) is 8.18. The third-order valence-corrected chi connectivity index (χ3v) is 5.73. The van der Waals surface area contributed by atoms with E-state index in [9.17, 15) is 5.11 Å². The fraction of sp³-hybridized carbons (Fsp3) is 0.941. The van der Waals surface area contributed by atoms with Gasteiger partial charge in [0.1, 0.15) is 0 Å². The lowest BCUT2D eigenvalue weighted by Gasteiger charge is -2.41. The van der Waals surface area contributed by atoms with Crippen molar-refractivity contribution in [3.8, 4) is 0 Å². The molecule has 4 nitrogen and oxygen atoms in total. The Labute approximate surface area is 151 Å². The third kappa shape index (κ3) is 4.49. The van der Waals surface area contributed by atoms with Gasteiger partial charge in [0.15, 0.2) is 5.96 Å². The first-order valence-corrected chi connectivity index (χ1v) is 8.95. The largest absolute Gasteiger partial charge is 0.393 e. The lowest BCUT2D eigenvalue weighted by atomic mass is 9.65. The van der Waals surface area contributed by atoms with E-state index in [2.05, 4.69) is 17.6 Å². The monoisotopic (exact) mass is 421 g/mol. The molecule has 0 aliphatic heterocycles. The van der Waals surface area contributed by atoms with Crippen molar-refractivity contribution in [2.75, 3.05) is 13.1 Å². The molecular weight excluding hydrogens is 389 g/mol. The number of rotatable bonds is 5. The van der Waals surface area contributed by atoms with Gasteiger partial charge in [0.25, 0.3) is 0 Å². The van der Waals surface area contributed by atoms with Crippen molar-refractivity contribution in [1.29, 1.82) is 0 Å². The van der Waals surface area contributed by atoms with Crippen LogP contribution in [0.5, 0.6) is 0 Å². The molecule has 0 radical (unpaired) electrons. The van der Waals surface area contributed by atoms with E-state index in [1.807, 2.05) is 0 Å². The summed E-state index contributed by atoms with van der Waals surface area (Å²) < 4.78 is 0. The van der Waals surface area contributed by atoms with E-state index in [4.69, 9.17) is 4.99 Å². The number of halogens is 1. The van der Waals surface area contributed by atoms with Gasteiger partial charge in [-0.1, -0.05) is 6.42 Å². The van der Waals surface area contributed by atoms with Crippen LogP contribution in [0.4, 0.5) is 0 Å². The van der Waals surface area contributed by atoms with Crippen LogP contribution in [0.1, 0.15) is 64.7 Å². The molecule has 3 aliphatic rings. The van der Waals surface area contributed by atoms with Crippen LogP contribution < -0.4 is 10.6 Å². The van der Waals surface area contributed by atoms with Gasteiger partial charge >= 0.3 is 0 Å². The van der Waals surface area contributed by atoms with Crippen molar-refractivity contribution in [2.45, 2.75) is 76.9 Å². The summed E-state index contributed by atoms with van der Waals surface area (Å²) in [5, 5.41) is 16.6. The molecule has 3 saturated carbocycles. The first kappa shape index (κ1) is 18.3. The molecule has 5 heteroatoms. The Hall–Kier alpha value is -0.0400. The number of hydrogen-bond donors (Lipinski definition) is 3. The van der Waals surface area contributed by atoms with Gasteiger partial charge in [0, 0.05) is 19.1 Å². The summed E-state index contributed by atoms with van der Waals surface area (Å²) in [5.74, 6) is 1.95. The Morgan fingerprint density at radius 3 is 2.32 bits per heavy atom. The molecule has 3 rings (SSSR count). The van der Waals surface area contributed by atoms with Crippen LogP contribution in [0.3, 0.4) is 0 Å². The van der Waals surface area contributed by atoms with Crippen LogP contribution in [0.25, 0.3) is 0 Å². The molecule has 0 aromatic heterocycles. The number of nitrogens with zero attached hydrogens (tertiary/aromatic N) is 1. The average molecular weight is 421 g/mol. The van der Waals surface area contributed by atoms with Crippen LogP contribution in [-0.2, 0) is 0 Å². The second-order valence-electron chi connectivity index (χ2n) is 7.34. The standard InChI is InChI=1S/C17H31N3O.HI/c1-2-18-16(20-14-6-8-15(21)9-7-14)19-12-17(10-3-11-17)13-4-5-13;/h13-15,21H,2-12H2,1H3,(H2,18,19,20);1H. The molecule has 0 bridgehead atoms. The van der Waals surface area contributed by atoms with Crippen molar-refractivity contribution >= 4 is 29.9 Å². The zero-order valence-electron chi connectivity index (χ0n) is 13.8. The molecule has 0 aromatic rings. The molecular formula is C17H32IN3O. The Balaban J connectivity index is 0.00000176. The number of aliphatic imine (C=N–C) groups is 1. The number of nitrogens with one attached hydrogen (secondary N) is 2. The summed E-state index contributed by atoms with van der Waals surface area (Å²) in [4.78, 5) is 4.91. The average Bonchev–Trinajstić information content (AvgIpc) is 3.25. The maximum atomic E-state index is 9.61. The zero-order chi connectivity index (χ0) is 14.7. The van der Waals surface area contributed by atoms with Gasteiger partial charge in [-0.25, -0.2) is 0 Å². The topological polar surface area (TPSA) is 56.7 Å². The third-order valence-electron chi connectivity index (χ3n) is 5.73. The summed E-state index contributed by atoms with van der Waals surface area (Å²) in [5.41, 5.74) is 0.547. The van der Waals surface area contributed by atoms with Crippen molar-refractivity contribution in [3.63, 3.8) is 0 Å². The second-order valence-corrected chi connectivity index (χ2v) is 7.34. The highest BCUT2D eigenvalue weighted by atomic mass is 127. The first-order chi connectivity index (χ1) is 10.2. The first-order valence-electron chi connectivity index (χ1n) is 8.95. The maximum absolute atomic E-state index is 9.61. The Morgan fingerprint density at radius 1 is 1.14 bits per heavy atom. The van der Waals surface area contributed by atoms with Crippen molar-refractivity contribution in [3.05, 3.63) is 0 Å². The highest BCUT2D eigenvalue weighted by molar-refractivity contribution is 14.0. The number of hydrogen-bond acceptors (Lipinski definition) is 2. The lowest BCUT2D eigenvalue weighted by molar-refractivity contribution is 0.112. The van der Waals surface area contributed by atoms with Gasteiger partial charge in [0.05, 0.1) is 6.10 Å². The molecule has 0 unspecified atom stereocenters. The predicted molar refractivity (Wildman–Crippen MR) is 102 cm³/mol. The molecule has 0 spiro atoms. The van der Waals surface area contributed by atoms with Crippen molar-refractivity contribution < 1.29 is 5.11 Å². The molecule has 0 saturated heterocycles. The smallest absolute Gasteiger partial charge is 0.191 e. The molecule has 128 valence electrons. The van der Waals surface area contributed by atoms with Gasteiger partial charge in [0.2, 0.25) is 0 Å². The van der Waals surface area contributed by atoms with E-state index in [1.165, 1.54) is 32.1 Å². The van der Waals surface area contributed by atoms with E-state index in [1.54, 1.807) is 0 Å². The molecule has 0 atom stereocenters. The zero-order valence-corrected chi connectivity index (χ0v) is 16.1. The van der Waals surface area contributed by atoms with Crippen LogP contribution in [0, 0.1) is 11.3 Å². The Bertz CT molecular complexity index is 372. The number of guanidine groups is 1. The number of aliphatic hydroxyl groups excluding tert-OH is 1. The molecule has 3 aliphatic carbocycles. The summed E-state index contributed by atoms with van der Waals surface area (Å²) in [7, 11) is 0.